The van der Waals surface area contributed by atoms with Gasteiger partial charge in [0.25, 0.3) is 5.91 Å². The third kappa shape index (κ3) is 5.14. The number of pyridine rings is 1. The van der Waals surface area contributed by atoms with Crippen LogP contribution >= 0.6 is 11.3 Å². The van der Waals surface area contributed by atoms with Crippen LogP contribution in [0.4, 0.5) is 5.82 Å². The van der Waals surface area contributed by atoms with Crippen molar-refractivity contribution in [1.29, 1.82) is 0 Å². The lowest BCUT2D eigenvalue weighted by molar-refractivity contribution is -0.117. The quantitative estimate of drug-likeness (QED) is 0.353. The number of nitrogens with zero attached hydrogens (tertiary/aromatic N) is 6. The van der Waals surface area contributed by atoms with E-state index in [2.05, 4.69) is 20.2 Å². The monoisotopic (exact) mass is 557 g/mol. The van der Waals surface area contributed by atoms with Crippen LogP contribution in [-0.4, -0.2) is 50.0 Å². The number of anilines is 1. The molecule has 0 aliphatic carbocycles. The molecule has 0 bridgehead atoms. The molecular formula is C29H31N7O3S. The van der Waals surface area contributed by atoms with Crippen LogP contribution in [0.5, 0.6) is 0 Å². The molecule has 6 rings (SSSR count). The fourth-order valence-electron chi connectivity index (χ4n) is 5.38. The zero-order chi connectivity index (χ0) is 27.9. The van der Waals surface area contributed by atoms with Gasteiger partial charge in [0.1, 0.15) is 16.5 Å². The van der Waals surface area contributed by atoms with Gasteiger partial charge >= 0.3 is 0 Å². The molecule has 3 aromatic heterocycles. The van der Waals surface area contributed by atoms with Gasteiger partial charge in [0, 0.05) is 36.1 Å². The highest BCUT2D eigenvalue weighted by Gasteiger charge is 2.35. The molecule has 2 N–H and O–H groups in total. The molecule has 2 aliphatic heterocycles. The smallest absolute Gasteiger partial charge is 0.273 e. The predicted octanol–water partition coefficient (Wildman–Crippen LogP) is 4.42. The highest BCUT2D eigenvalue weighted by atomic mass is 32.1. The Morgan fingerprint density at radius 1 is 1.15 bits per heavy atom. The van der Waals surface area contributed by atoms with E-state index in [0.29, 0.717) is 37.3 Å². The van der Waals surface area contributed by atoms with Crippen LogP contribution in [0.15, 0.2) is 52.3 Å². The first-order valence-corrected chi connectivity index (χ1v) is 14.4. The van der Waals surface area contributed by atoms with Gasteiger partial charge < -0.3 is 15.1 Å². The molecule has 10 nitrogen and oxygen atoms in total. The second-order valence-electron chi connectivity index (χ2n) is 10.7. The van der Waals surface area contributed by atoms with Gasteiger partial charge in [-0.05, 0) is 57.2 Å². The Bertz CT molecular complexity index is 1550. The van der Waals surface area contributed by atoms with Crippen molar-refractivity contribution in [3.63, 3.8) is 0 Å². The molecule has 0 unspecified atom stereocenters. The summed E-state index contributed by atoms with van der Waals surface area (Å²) in [7, 11) is 0. The summed E-state index contributed by atoms with van der Waals surface area (Å²) in [6.45, 7) is 4.96. The number of aryl methyl sites for hydroxylation is 1. The SMILES string of the molecule is Cc1csc([C@H]2CCCN2C(=O)c2cc(-c3nnc([C@](C)(N)Cc4ccccc4)o3)cc(N3CCCC3=O)n2)n1. The Hall–Kier alpha value is -3.96. The van der Waals surface area contributed by atoms with E-state index in [-0.39, 0.29) is 35.3 Å². The fourth-order valence-corrected chi connectivity index (χ4v) is 6.33. The standard InChI is InChI=1S/C29H31N7O3S/c1-18-17-40-26(31-18)22-10-6-12-35(22)27(38)21-14-20(15-23(32-21)36-13-7-11-24(36)37)25-33-34-28(39-25)29(2,30)16-19-8-4-3-5-9-19/h3-5,8-9,14-15,17,22H,6-7,10-13,16,30H2,1-2H3/t22-,29-/m1/s1. The topological polar surface area (TPSA) is 131 Å². The van der Waals surface area contributed by atoms with E-state index < -0.39 is 5.54 Å². The number of likely N-dealkylation sites (tertiary alicyclic amines) is 1. The van der Waals surface area contributed by atoms with Crippen molar-refractivity contribution in [2.24, 2.45) is 5.73 Å². The first-order chi connectivity index (χ1) is 19.3. The number of rotatable bonds is 7. The molecule has 1 aromatic carbocycles. The molecule has 2 fully saturated rings. The normalized spacial score (nSPS) is 18.9. The van der Waals surface area contributed by atoms with Crippen molar-refractivity contribution in [2.45, 2.75) is 57.5 Å². The summed E-state index contributed by atoms with van der Waals surface area (Å²) in [5.74, 6) is 0.677. The summed E-state index contributed by atoms with van der Waals surface area (Å²) in [5.41, 5.74) is 8.45. The number of amides is 2. The van der Waals surface area contributed by atoms with E-state index in [9.17, 15) is 9.59 Å². The first kappa shape index (κ1) is 26.3. The molecule has 11 heteroatoms. The largest absolute Gasteiger partial charge is 0.419 e. The van der Waals surface area contributed by atoms with Gasteiger partial charge in [-0.1, -0.05) is 30.3 Å². The maximum Gasteiger partial charge on any atom is 0.273 e. The van der Waals surface area contributed by atoms with E-state index in [4.69, 9.17) is 10.2 Å². The number of nitrogens with two attached hydrogens (primary N) is 1. The summed E-state index contributed by atoms with van der Waals surface area (Å²) in [5, 5.41) is 11.5. The highest BCUT2D eigenvalue weighted by Crippen LogP contribution is 2.36. The van der Waals surface area contributed by atoms with Gasteiger partial charge in [-0.2, -0.15) is 0 Å². The van der Waals surface area contributed by atoms with E-state index in [1.807, 2.05) is 54.5 Å². The Morgan fingerprint density at radius 3 is 2.70 bits per heavy atom. The van der Waals surface area contributed by atoms with Gasteiger partial charge in [-0.3, -0.25) is 14.5 Å². The third-order valence-electron chi connectivity index (χ3n) is 7.39. The molecule has 0 spiro atoms. The minimum atomic E-state index is -0.902. The van der Waals surface area contributed by atoms with Crippen molar-refractivity contribution in [1.82, 2.24) is 25.1 Å². The minimum Gasteiger partial charge on any atom is -0.419 e. The van der Waals surface area contributed by atoms with E-state index in [1.54, 1.807) is 28.4 Å². The molecule has 5 heterocycles. The molecule has 4 aromatic rings. The second-order valence-corrected chi connectivity index (χ2v) is 11.6. The Kier molecular flexibility index (Phi) is 6.93. The molecule has 40 heavy (non-hydrogen) atoms. The van der Waals surface area contributed by atoms with Gasteiger partial charge in [0.05, 0.1) is 11.6 Å². The fraction of sp³-hybridized carbons (Fsp3) is 0.379. The van der Waals surface area contributed by atoms with Crippen molar-refractivity contribution < 1.29 is 14.0 Å². The number of carbonyl (C=O) groups excluding carboxylic acids is 2. The van der Waals surface area contributed by atoms with Crippen LogP contribution in [0.3, 0.4) is 0 Å². The van der Waals surface area contributed by atoms with Gasteiger partial charge in [0.15, 0.2) is 0 Å². The Labute approximate surface area is 236 Å². The van der Waals surface area contributed by atoms with Gasteiger partial charge in [-0.15, -0.1) is 21.5 Å². The first-order valence-electron chi connectivity index (χ1n) is 13.5. The molecule has 2 saturated heterocycles. The number of carbonyl (C=O) groups is 2. The van der Waals surface area contributed by atoms with Crippen molar-refractivity contribution in [3.05, 3.63) is 75.7 Å². The zero-order valence-electron chi connectivity index (χ0n) is 22.5. The maximum absolute atomic E-state index is 13.9. The van der Waals surface area contributed by atoms with E-state index in [1.165, 1.54) is 0 Å². The second kappa shape index (κ2) is 10.5. The summed E-state index contributed by atoms with van der Waals surface area (Å²) in [6, 6.07) is 13.2. The van der Waals surface area contributed by atoms with Crippen LogP contribution in [0.2, 0.25) is 0 Å². The van der Waals surface area contributed by atoms with Crippen molar-refractivity contribution in [3.8, 4) is 11.5 Å². The van der Waals surface area contributed by atoms with E-state index >= 15 is 0 Å². The van der Waals surface area contributed by atoms with Crippen LogP contribution in [0.25, 0.3) is 11.5 Å². The Morgan fingerprint density at radius 2 is 1.98 bits per heavy atom. The molecule has 206 valence electrons. The maximum atomic E-state index is 13.9. The lowest BCUT2D eigenvalue weighted by atomic mass is 9.94. The Balaban J connectivity index is 1.35. The van der Waals surface area contributed by atoms with Gasteiger partial charge in [-0.25, -0.2) is 9.97 Å². The highest BCUT2D eigenvalue weighted by molar-refractivity contribution is 7.09. The minimum absolute atomic E-state index is 0.0241. The molecule has 2 amide bonds. The van der Waals surface area contributed by atoms with Crippen LogP contribution < -0.4 is 10.6 Å². The lowest BCUT2D eigenvalue weighted by Gasteiger charge is -2.24. The number of benzene rings is 1. The third-order valence-corrected chi connectivity index (χ3v) is 8.45. The van der Waals surface area contributed by atoms with Crippen LogP contribution in [-0.2, 0) is 16.8 Å². The average Bonchev–Trinajstić information content (AvgIpc) is 3.75. The molecule has 2 aliphatic rings. The molecule has 0 saturated carbocycles. The number of aromatic nitrogens is 4. The summed E-state index contributed by atoms with van der Waals surface area (Å²) >= 11 is 1.57. The summed E-state index contributed by atoms with van der Waals surface area (Å²) in [4.78, 5) is 39.3. The zero-order valence-corrected chi connectivity index (χ0v) is 23.4. The van der Waals surface area contributed by atoms with Crippen LogP contribution in [0, 0.1) is 6.92 Å². The molecule has 0 radical (unpaired) electrons. The van der Waals surface area contributed by atoms with E-state index in [0.717, 1.165) is 35.5 Å². The average molecular weight is 558 g/mol. The van der Waals surface area contributed by atoms with Crippen molar-refractivity contribution >= 4 is 29.0 Å². The summed E-state index contributed by atoms with van der Waals surface area (Å²) in [6.07, 6.45) is 3.43. The summed E-state index contributed by atoms with van der Waals surface area (Å²) < 4.78 is 6.09. The van der Waals surface area contributed by atoms with Crippen LogP contribution in [0.1, 0.15) is 71.3 Å². The number of thiazole rings is 1. The lowest BCUT2D eigenvalue weighted by Crippen LogP contribution is -2.35. The number of hydrogen-bond acceptors (Lipinski definition) is 9. The molecular weight excluding hydrogens is 526 g/mol. The molecule has 2 atom stereocenters. The van der Waals surface area contributed by atoms with Gasteiger partial charge in [0.2, 0.25) is 17.7 Å². The van der Waals surface area contributed by atoms with Crippen molar-refractivity contribution in [2.75, 3.05) is 18.0 Å². The number of hydrogen-bond donors (Lipinski definition) is 1. The predicted molar refractivity (Wildman–Crippen MR) is 151 cm³/mol.